The lowest BCUT2D eigenvalue weighted by Crippen LogP contribution is -2.29. The molecular formula is C12H11ClN6O2. The summed E-state index contributed by atoms with van der Waals surface area (Å²) >= 11 is 5.77. The lowest BCUT2D eigenvalue weighted by molar-refractivity contribution is 0.720. The average molecular weight is 307 g/mol. The monoisotopic (exact) mass is 306 g/mol. The van der Waals surface area contributed by atoms with E-state index in [9.17, 15) is 9.59 Å². The van der Waals surface area contributed by atoms with Crippen molar-refractivity contribution in [3.8, 4) is 11.5 Å². The standard InChI is InChI=1S/C12H11ClN6O2/c1-3-19-10-8(11(20)18-12(19)21)16-9(17-10)7-5(2)15-6(13)4-14-7/h4H,3H2,1-2H3,(H,16,17)(H,18,20,21). The lowest BCUT2D eigenvalue weighted by Gasteiger charge is -2.00. The summed E-state index contributed by atoms with van der Waals surface area (Å²) < 4.78 is 1.37. The van der Waals surface area contributed by atoms with Gasteiger partial charge in [-0.3, -0.25) is 14.3 Å². The molecule has 3 aromatic heterocycles. The van der Waals surface area contributed by atoms with Gasteiger partial charge in [0.05, 0.1) is 11.9 Å². The van der Waals surface area contributed by atoms with E-state index < -0.39 is 11.2 Å². The molecule has 0 radical (unpaired) electrons. The summed E-state index contributed by atoms with van der Waals surface area (Å²) in [4.78, 5) is 41.3. The highest BCUT2D eigenvalue weighted by Crippen LogP contribution is 2.19. The lowest BCUT2D eigenvalue weighted by atomic mass is 10.3. The number of hydrogen-bond acceptors (Lipinski definition) is 5. The first-order valence-electron chi connectivity index (χ1n) is 6.23. The van der Waals surface area contributed by atoms with Gasteiger partial charge in [0.25, 0.3) is 5.56 Å². The third-order valence-electron chi connectivity index (χ3n) is 3.09. The van der Waals surface area contributed by atoms with E-state index in [1.165, 1.54) is 10.8 Å². The van der Waals surface area contributed by atoms with Crippen LogP contribution in [0.2, 0.25) is 5.15 Å². The minimum absolute atomic E-state index is 0.225. The summed E-state index contributed by atoms with van der Waals surface area (Å²) in [5, 5.41) is 0.274. The normalized spacial score (nSPS) is 11.2. The van der Waals surface area contributed by atoms with E-state index in [1.54, 1.807) is 13.8 Å². The molecule has 0 aromatic carbocycles. The quantitative estimate of drug-likeness (QED) is 0.729. The number of halogens is 1. The van der Waals surface area contributed by atoms with Gasteiger partial charge >= 0.3 is 5.69 Å². The number of H-pyrrole nitrogens is 2. The third-order valence-corrected chi connectivity index (χ3v) is 3.27. The van der Waals surface area contributed by atoms with Crippen molar-refractivity contribution in [2.45, 2.75) is 20.4 Å². The van der Waals surface area contributed by atoms with Crippen LogP contribution in [0, 0.1) is 6.92 Å². The molecule has 21 heavy (non-hydrogen) atoms. The number of aryl methyl sites for hydroxylation is 2. The van der Waals surface area contributed by atoms with Gasteiger partial charge in [0.15, 0.2) is 11.5 Å². The molecule has 108 valence electrons. The van der Waals surface area contributed by atoms with Crippen LogP contribution < -0.4 is 11.2 Å². The fourth-order valence-electron chi connectivity index (χ4n) is 2.13. The average Bonchev–Trinajstić information content (AvgIpc) is 2.84. The van der Waals surface area contributed by atoms with E-state index in [1.807, 2.05) is 0 Å². The van der Waals surface area contributed by atoms with E-state index in [0.717, 1.165) is 0 Å². The zero-order chi connectivity index (χ0) is 15.1. The molecule has 0 atom stereocenters. The van der Waals surface area contributed by atoms with Crippen LogP contribution >= 0.6 is 11.6 Å². The first-order chi connectivity index (χ1) is 10.0. The Labute approximate surface area is 122 Å². The van der Waals surface area contributed by atoms with Gasteiger partial charge < -0.3 is 4.98 Å². The first-order valence-corrected chi connectivity index (χ1v) is 6.61. The van der Waals surface area contributed by atoms with Gasteiger partial charge in [-0.2, -0.15) is 0 Å². The Morgan fingerprint density at radius 3 is 2.71 bits per heavy atom. The summed E-state index contributed by atoms with van der Waals surface area (Å²) in [6.07, 6.45) is 1.40. The summed E-state index contributed by atoms with van der Waals surface area (Å²) in [7, 11) is 0. The number of aromatic nitrogens is 6. The highest BCUT2D eigenvalue weighted by atomic mass is 35.5. The van der Waals surface area contributed by atoms with Crippen molar-refractivity contribution in [3.05, 3.63) is 37.9 Å². The van der Waals surface area contributed by atoms with Gasteiger partial charge in [-0.05, 0) is 13.8 Å². The number of rotatable bonds is 2. The van der Waals surface area contributed by atoms with E-state index in [4.69, 9.17) is 11.6 Å². The van der Waals surface area contributed by atoms with Gasteiger partial charge in [0.2, 0.25) is 0 Å². The second kappa shape index (κ2) is 4.81. The zero-order valence-electron chi connectivity index (χ0n) is 11.3. The van der Waals surface area contributed by atoms with Crippen LogP contribution in [-0.2, 0) is 6.54 Å². The van der Waals surface area contributed by atoms with Crippen LogP contribution in [0.1, 0.15) is 12.6 Å². The van der Waals surface area contributed by atoms with Crippen molar-refractivity contribution in [1.29, 1.82) is 0 Å². The second-order valence-corrected chi connectivity index (χ2v) is 4.80. The maximum Gasteiger partial charge on any atom is 0.330 e. The van der Waals surface area contributed by atoms with E-state index >= 15 is 0 Å². The summed E-state index contributed by atoms with van der Waals surface area (Å²) in [6.45, 7) is 3.92. The highest BCUT2D eigenvalue weighted by molar-refractivity contribution is 6.29. The zero-order valence-corrected chi connectivity index (χ0v) is 12.0. The van der Waals surface area contributed by atoms with Gasteiger partial charge in [0.1, 0.15) is 16.4 Å². The van der Waals surface area contributed by atoms with Crippen molar-refractivity contribution < 1.29 is 0 Å². The Morgan fingerprint density at radius 2 is 2.05 bits per heavy atom. The molecule has 8 nitrogen and oxygen atoms in total. The molecule has 0 amide bonds. The van der Waals surface area contributed by atoms with Gasteiger partial charge in [-0.25, -0.2) is 19.7 Å². The Hall–Kier alpha value is -2.48. The fraction of sp³-hybridized carbons (Fsp3) is 0.250. The highest BCUT2D eigenvalue weighted by Gasteiger charge is 2.15. The van der Waals surface area contributed by atoms with E-state index in [0.29, 0.717) is 23.8 Å². The maximum atomic E-state index is 11.9. The molecular weight excluding hydrogens is 296 g/mol. The number of nitrogens with one attached hydrogen (secondary N) is 2. The third kappa shape index (κ3) is 2.13. The van der Waals surface area contributed by atoms with Crippen molar-refractivity contribution in [3.63, 3.8) is 0 Å². The minimum atomic E-state index is -0.516. The molecule has 0 aliphatic heterocycles. The van der Waals surface area contributed by atoms with E-state index in [2.05, 4.69) is 24.9 Å². The maximum absolute atomic E-state index is 11.9. The van der Waals surface area contributed by atoms with Crippen LogP contribution in [0.5, 0.6) is 0 Å². The van der Waals surface area contributed by atoms with Crippen molar-refractivity contribution in [2.75, 3.05) is 0 Å². The van der Waals surface area contributed by atoms with E-state index in [-0.39, 0.29) is 16.3 Å². The van der Waals surface area contributed by atoms with Crippen LogP contribution in [0.3, 0.4) is 0 Å². The number of nitrogens with zero attached hydrogens (tertiary/aromatic N) is 4. The second-order valence-electron chi connectivity index (χ2n) is 4.41. The predicted octanol–water partition coefficient (Wildman–Crippen LogP) is 0.852. The predicted molar refractivity (Wildman–Crippen MR) is 77.4 cm³/mol. The van der Waals surface area contributed by atoms with Gasteiger partial charge in [0, 0.05) is 6.54 Å². The van der Waals surface area contributed by atoms with Gasteiger partial charge in [-0.1, -0.05) is 11.6 Å². The molecule has 2 N–H and O–H groups in total. The van der Waals surface area contributed by atoms with Crippen molar-refractivity contribution in [2.24, 2.45) is 0 Å². The van der Waals surface area contributed by atoms with Crippen LogP contribution in [0.4, 0.5) is 0 Å². The Bertz CT molecular complexity index is 955. The topological polar surface area (TPSA) is 109 Å². The number of imidazole rings is 1. The van der Waals surface area contributed by atoms with Crippen molar-refractivity contribution in [1.82, 2.24) is 29.5 Å². The minimum Gasteiger partial charge on any atom is -0.331 e. The van der Waals surface area contributed by atoms with Crippen LogP contribution in [0.15, 0.2) is 15.8 Å². The Kier molecular flexibility index (Phi) is 3.09. The number of aromatic amines is 2. The molecule has 0 fully saturated rings. The van der Waals surface area contributed by atoms with Crippen LogP contribution in [0.25, 0.3) is 22.7 Å². The molecule has 3 aromatic rings. The summed E-state index contributed by atoms with van der Waals surface area (Å²) in [5.41, 5.74) is 0.554. The SMILES string of the molecule is CCn1c(=O)[nH]c(=O)c2[nH]c(-c3ncc(Cl)nc3C)nc21. The molecule has 0 aliphatic carbocycles. The fourth-order valence-corrected chi connectivity index (χ4v) is 2.31. The van der Waals surface area contributed by atoms with Crippen molar-refractivity contribution >= 4 is 22.8 Å². The molecule has 0 saturated carbocycles. The smallest absolute Gasteiger partial charge is 0.330 e. The summed E-state index contributed by atoms with van der Waals surface area (Å²) in [5.74, 6) is 0.366. The molecule has 0 aliphatic rings. The number of hydrogen-bond donors (Lipinski definition) is 2. The molecule has 9 heteroatoms. The number of fused-ring (bicyclic) bond motifs is 1. The summed E-state index contributed by atoms with van der Waals surface area (Å²) in [6, 6.07) is 0. The van der Waals surface area contributed by atoms with Gasteiger partial charge in [-0.15, -0.1) is 0 Å². The molecule has 0 unspecified atom stereocenters. The molecule has 0 saturated heterocycles. The molecule has 3 rings (SSSR count). The van der Waals surface area contributed by atoms with Crippen LogP contribution in [-0.4, -0.2) is 29.5 Å². The molecule has 0 bridgehead atoms. The Morgan fingerprint density at radius 1 is 1.29 bits per heavy atom. The Balaban J connectivity index is 2.33. The molecule has 3 heterocycles. The first kappa shape index (κ1) is 13.5. The molecule has 0 spiro atoms. The largest absolute Gasteiger partial charge is 0.331 e.